The van der Waals surface area contributed by atoms with Crippen molar-refractivity contribution in [2.75, 3.05) is 25.6 Å². The number of nitrogens with zero attached hydrogens (tertiary/aromatic N) is 2. The molecule has 1 aliphatic rings. The lowest BCUT2D eigenvalue weighted by molar-refractivity contribution is -0.162. The van der Waals surface area contributed by atoms with Crippen LogP contribution in [0.1, 0.15) is 22.8 Å². The van der Waals surface area contributed by atoms with Gasteiger partial charge in [-0.25, -0.2) is 0 Å². The molecule has 2 unspecified atom stereocenters. The summed E-state index contributed by atoms with van der Waals surface area (Å²) in [6, 6.07) is 17.8. The predicted molar refractivity (Wildman–Crippen MR) is 126 cm³/mol. The standard InChI is InChI=1S/C26H27N3O5/c1-33-22-10-4-18(5-11-22)13-24(31)28-21-8-6-20(7-9-21)26-23(16-30)29(25(32)17-34-26)15-19-3-2-12-27-14-19/h2-12,14,23,26,30H,13,15-17H2,1H3,(H,28,31). The summed E-state index contributed by atoms with van der Waals surface area (Å²) in [5.74, 6) is 0.432. The first-order valence-electron chi connectivity index (χ1n) is 11.0. The summed E-state index contributed by atoms with van der Waals surface area (Å²) < 4.78 is 10.9. The molecule has 8 nitrogen and oxygen atoms in total. The number of rotatable bonds is 8. The van der Waals surface area contributed by atoms with Gasteiger partial charge in [0.05, 0.1) is 26.2 Å². The van der Waals surface area contributed by atoms with Crippen LogP contribution in [-0.4, -0.2) is 53.2 Å². The maximum absolute atomic E-state index is 12.5. The molecule has 1 aliphatic heterocycles. The second kappa shape index (κ2) is 10.9. The van der Waals surface area contributed by atoms with E-state index < -0.39 is 12.1 Å². The summed E-state index contributed by atoms with van der Waals surface area (Å²) in [4.78, 5) is 30.7. The van der Waals surface area contributed by atoms with E-state index in [2.05, 4.69) is 10.3 Å². The average molecular weight is 462 g/mol. The number of carbonyl (C=O) groups is 2. The Hall–Kier alpha value is -3.75. The van der Waals surface area contributed by atoms with E-state index in [1.807, 2.05) is 48.5 Å². The number of morpholine rings is 1. The van der Waals surface area contributed by atoms with E-state index in [-0.39, 0.29) is 31.4 Å². The van der Waals surface area contributed by atoms with Crippen molar-refractivity contribution in [1.82, 2.24) is 9.88 Å². The zero-order valence-electron chi connectivity index (χ0n) is 18.9. The molecule has 2 amide bonds. The molecule has 34 heavy (non-hydrogen) atoms. The molecular formula is C26H27N3O5. The molecule has 1 saturated heterocycles. The molecule has 2 N–H and O–H groups in total. The number of amides is 2. The highest BCUT2D eigenvalue weighted by Gasteiger charge is 2.37. The lowest BCUT2D eigenvalue weighted by Crippen LogP contribution is -2.52. The van der Waals surface area contributed by atoms with E-state index in [1.165, 1.54) is 0 Å². The normalized spacial score (nSPS) is 17.9. The minimum Gasteiger partial charge on any atom is -0.497 e. The maximum atomic E-state index is 12.5. The molecule has 4 rings (SSSR count). The first-order chi connectivity index (χ1) is 16.6. The molecule has 2 aromatic carbocycles. The van der Waals surface area contributed by atoms with Crippen molar-refractivity contribution in [3.8, 4) is 5.75 Å². The smallest absolute Gasteiger partial charge is 0.249 e. The fourth-order valence-electron chi connectivity index (χ4n) is 4.00. The van der Waals surface area contributed by atoms with Crippen LogP contribution < -0.4 is 10.1 Å². The zero-order chi connectivity index (χ0) is 23.9. The van der Waals surface area contributed by atoms with Crippen LogP contribution in [0.2, 0.25) is 0 Å². The van der Waals surface area contributed by atoms with Gasteiger partial charge in [-0.1, -0.05) is 30.3 Å². The van der Waals surface area contributed by atoms with Crippen molar-refractivity contribution in [2.45, 2.75) is 25.1 Å². The number of hydrogen-bond donors (Lipinski definition) is 2. The lowest BCUT2D eigenvalue weighted by atomic mass is 9.98. The number of pyridine rings is 1. The van der Waals surface area contributed by atoms with Crippen LogP contribution in [-0.2, 0) is 27.3 Å². The number of carbonyl (C=O) groups excluding carboxylic acids is 2. The van der Waals surface area contributed by atoms with E-state index >= 15 is 0 Å². The van der Waals surface area contributed by atoms with Gasteiger partial charge in [-0.15, -0.1) is 0 Å². The molecule has 3 aromatic rings. The fraction of sp³-hybridized carbons (Fsp3) is 0.269. The van der Waals surface area contributed by atoms with Gasteiger partial charge in [0.1, 0.15) is 18.5 Å². The first kappa shape index (κ1) is 23.4. The van der Waals surface area contributed by atoms with Gasteiger partial charge in [-0.05, 0) is 47.0 Å². The Labute approximate surface area is 198 Å². The van der Waals surface area contributed by atoms with Gasteiger partial charge in [-0.2, -0.15) is 0 Å². The van der Waals surface area contributed by atoms with Crippen molar-refractivity contribution in [2.24, 2.45) is 0 Å². The number of hydrogen-bond acceptors (Lipinski definition) is 6. The fourth-order valence-corrected chi connectivity index (χ4v) is 4.00. The van der Waals surface area contributed by atoms with Crippen LogP contribution in [0.3, 0.4) is 0 Å². The van der Waals surface area contributed by atoms with Crippen molar-refractivity contribution in [1.29, 1.82) is 0 Å². The quantitative estimate of drug-likeness (QED) is 0.535. The molecule has 0 radical (unpaired) electrons. The maximum Gasteiger partial charge on any atom is 0.249 e. The third-order valence-electron chi connectivity index (χ3n) is 5.77. The Morgan fingerprint density at radius 1 is 1.15 bits per heavy atom. The Kier molecular flexibility index (Phi) is 7.51. The largest absolute Gasteiger partial charge is 0.497 e. The molecule has 0 aliphatic carbocycles. The first-order valence-corrected chi connectivity index (χ1v) is 11.0. The van der Waals surface area contributed by atoms with Crippen LogP contribution in [0, 0.1) is 0 Å². The van der Waals surface area contributed by atoms with E-state index in [1.54, 1.807) is 36.5 Å². The number of aliphatic hydroxyl groups is 1. The zero-order valence-corrected chi connectivity index (χ0v) is 18.9. The van der Waals surface area contributed by atoms with Crippen LogP contribution in [0.5, 0.6) is 5.75 Å². The van der Waals surface area contributed by atoms with Crippen molar-refractivity contribution >= 4 is 17.5 Å². The summed E-state index contributed by atoms with van der Waals surface area (Å²) in [6.45, 7) is 0.0378. The Balaban J connectivity index is 1.41. The molecule has 8 heteroatoms. The second-order valence-corrected chi connectivity index (χ2v) is 8.06. The number of methoxy groups -OCH3 is 1. The summed E-state index contributed by atoms with van der Waals surface area (Å²) in [5, 5.41) is 13.0. The molecule has 1 aromatic heterocycles. The van der Waals surface area contributed by atoms with Crippen LogP contribution in [0.25, 0.3) is 0 Å². The highest BCUT2D eigenvalue weighted by Crippen LogP contribution is 2.31. The number of aliphatic hydroxyl groups excluding tert-OH is 1. The van der Waals surface area contributed by atoms with Gasteiger partial charge in [0.2, 0.25) is 11.8 Å². The third-order valence-corrected chi connectivity index (χ3v) is 5.77. The number of anilines is 1. The predicted octanol–water partition coefficient (Wildman–Crippen LogP) is 2.73. The molecule has 0 bridgehead atoms. The van der Waals surface area contributed by atoms with E-state index in [0.717, 1.165) is 22.4 Å². The van der Waals surface area contributed by atoms with E-state index in [0.29, 0.717) is 12.2 Å². The van der Waals surface area contributed by atoms with Crippen LogP contribution in [0.4, 0.5) is 5.69 Å². The third kappa shape index (κ3) is 5.59. The number of benzene rings is 2. The Morgan fingerprint density at radius 2 is 1.91 bits per heavy atom. The van der Waals surface area contributed by atoms with Gasteiger partial charge in [0.15, 0.2) is 0 Å². The monoisotopic (exact) mass is 461 g/mol. The van der Waals surface area contributed by atoms with Crippen LogP contribution >= 0.6 is 0 Å². The average Bonchev–Trinajstić information content (AvgIpc) is 2.87. The van der Waals surface area contributed by atoms with Gasteiger partial charge < -0.3 is 24.8 Å². The number of nitrogens with one attached hydrogen (secondary N) is 1. The molecular weight excluding hydrogens is 434 g/mol. The van der Waals surface area contributed by atoms with Gasteiger partial charge in [-0.3, -0.25) is 14.6 Å². The number of aromatic nitrogens is 1. The van der Waals surface area contributed by atoms with E-state index in [4.69, 9.17) is 9.47 Å². The number of ether oxygens (including phenoxy) is 2. The summed E-state index contributed by atoms with van der Waals surface area (Å²) in [7, 11) is 1.60. The second-order valence-electron chi connectivity index (χ2n) is 8.06. The van der Waals surface area contributed by atoms with Gasteiger partial charge >= 0.3 is 0 Å². The minimum atomic E-state index is -0.531. The highest BCUT2D eigenvalue weighted by atomic mass is 16.5. The SMILES string of the molecule is COc1ccc(CC(=O)Nc2ccc(C3OCC(=O)N(Cc4cccnc4)C3CO)cc2)cc1. The van der Waals surface area contributed by atoms with Gasteiger partial charge in [0, 0.05) is 24.6 Å². The lowest BCUT2D eigenvalue weighted by Gasteiger charge is -2.40. The molecule has 2 heterocycles. The topological polar surface area (TPSA) is 101 Å². The molecule has 1 fully saturated rings. The molecule has 0 spiro atoms. The van der Waals surface area contributed by atoms with Crippen LogP contribution in [0.15, 0.2) is 73.1 Å². The highest BCUT2D eigenvalue weighted by molar-refractivity contribution is 5.92. The molecule has 176 valence electrons. The summed E-state index contributed by atoms with van der Waals surface area (Å²) in [5.41, 5.74) is 3.23. The molecule has 0 saturated carbocycles. The minimum absolute atomic E-state index is 0.0677. The van der Waals surface area contributed by atoms with Crippen molar-refractivity contribution < 1.29 is 24.2 Å². The Bertz CT molecular complexity index is 1100. The van der Waals surface area contributed by atoms with Gasteiger partial charge in [0.25, 0.3) is 0 Å². The van der Waals surface area contributed by atoms with E-state index in [9.17, 15) is 14.7 Å². The summed E-state index contributed by atoms with van der Waals surface area (Å²) in [6.07, 6.45) is 3.14. The molecule has 2 atom stereocenters. The summed E-state index contributed by atoms with van der Waals surface area (Å²) >= 11 is 0. The van der Waals surface area contributed by atoms with Crippen molar-refractivity contribution in [3.63, 3.8) is 0 Å². The Morgan fingerprint density at radius 3 is 2.56 bits per heavy atom. The van der Waals surface area contributed by atoms with Crippen molar-refractivity contribution in [3.05, 3.63) is 89.7 Å².